The first-order valence-electron chi connectivity index (χ1n) is 9.84. The topological polar surface area (TPSA) is 129 Å². The average molecular weight is 580 g/mol. The fraction of sp³-hybridized carbons (Fsp3) is 0.136. The molecule has 0 heterocycles. The van der Waals surface area contributed by atoms with Gasteiger partial charge in [0.15, 0.2) is 11.5 Å². The van der Waals surface area contributed by atoms with E-state index in [4.69, 9.17) is 9.47 Å². The molecular formula is C22H18FIN4O6. The first kappa shape index (κ1) is 24.8. The van der Waals surface area contributed by atoms with Crippen LogP contribution in [0, 0.1) is 29.6 Å². The number of halogens is 2. The molecule has 176 valence electrons. The predicted molar refractivity (Wildman–Crippen MR) is 132 cm³/mol. The van der Waals surface area contributed by atoms with E-state index >= 15 is 0 Å². The van der Waals surface area contributed by atoms with E-state index in [-0.39, 0.29) is 18.1 Å². The third kappa shape index (κ3) is 6.37. The number of anilines is 1. The minimum atomic E-state index is -0.728. The number of non-ortho nitro benzene ring substituents is 1. The van der Waals surface area contributed by atoms with Gasteiger partial charge in [0.05, 0.1) is 32.3 Å². The molecule has 3 aromatic rings. The number of nitro groups is 2. The Bertz CT molecular complexity index is 1240. The molecule has 0 aliphatic rings. The summed E-state index contributed by atoms with van der Waals surface area (Å²) in [6.07, 6.45) is 1.43. The summed E-state index contributed by atoms with van der Waals surface area (Å²) in [6, 6.07) is 12.7. The molecule has 0 saturated carbocycles. The Kier molecular flexibility index (Phi) is 8.29. The number of nitrogens with one attached hydrogen (secondary N) is 1. The van der Waals surface area contributed by atoms with Crippen LogP contribution in [0.4, 0.5) is 21.5 Å². The lowest BCUT2D eigenvalue weighted by atomic mass is 10.2. The zero-order valence-electron chi connectivity index (χ0n) is 17.7. The van der Waals surface area contributed by atoms with E-state index < -0.39 is 21.2 Å². The normalized spacial score (nSPS) is 10.8. The van der Waals surface area contributed by atoms with Crippen molar-refractivity contribution in [2.45, 2.75) is 13.5 Å². The fourth-order valence-corrected chi connectivity index (χ4v) is 3.64. The third-order valence-corrected chi connectivity index (χ3v) is 5.22. The molecule has 1 N–H and O–H groups in total. The minimum Gasteiger partial charge on any atom is -0.490 e. The lowest BCUT2D eigenvalue weighted by Gasteiger charge is -2.14. The summed E-state index contributed by atoms with van der Waals surface area (Å²) < 4.78 is 25.4. The first-order valence-corrected chi connectivity index (χ1v) is 10.9. The summed E-state index contributed by atoms with van der Waals surface area (Å²) in [7, 11) is 0. The first-order chi connectivity index (χ1) is 16.3. The molecule has 3 aromatic carbocycles. The number of nitrogens with zero attached hydrogens (tertiary/aromatic N) is 3. The van der Waals surface area contributed by atoms with Gasteiger partial charge in [0, 0.05) is 6.07 Å². The molecular weight excluding hydrogens is 562 g/mol. The molecule has 0 radical (unpaired) electrons. The van der Waals surface area contributed by atoms with Gasteiger partial charge in [-0.1, -0.05) is 12.1 Å². The van der Waals surface area contributed by atoms with Crippen molar-refractivity contribution in [1.29, 1.82) is 0 Å². The largest absolute Gasteiger partial charge is 0.490 e. The van der Waals surface area contributed by atoms with Crippen LogP contribution in [0.25, 0.3) is 0 Å². The maximum Gasteiger partial charge on any atom is 0.301 e. The number of rotatable bonds is 10. The smallest absolute Gasteiger partial charge is 0.301 e. The van der Waals surface area contributed by atoms with Crippen LogP contribution in [-0.2, 0) is 6.61 Å². The molecule has 0 aromatic heterocycles. The van der Waals surface area contributed by atoms with E-state index in [1.807, 2.05) is 6.92 Å². The SMILES string of the molecule is CCOc1cc(/C=N/Nc2ccc([N+](=O)[O-])cc2[N+](=O)[O-])cc(I)c1OCc1ccc(F)cc1. The minimum absolute atomic E-state index is 0.00540. The Morgan fingerprint density at radius 1 is 1.06 bits per heavy atom. The van der Waals surface area contributed by atoms with Crippen molar-refractivity contribution < 1.29 is 23.7 Å². The maximum atomic E-state index is 13.1. The van der Waals surface area contributed by atoms with Crippen LogP contribution < -0.4 is 14.9 Å². The zero-order chi connectivity index (χ0) is 24.7. The van der Waals surface area contributed by atoms with Gasteiger partial charge in [-0.15, -0.1) is 0 Å². The molecule has 0 amide bonds. The van der Waals surface area contributed by atoms with E-state index in [9.17, 15) is 24.6 Å². The van der Waals surface area contributed by atoms with E-state index in [1.54, 1.807) is 24.3 Å². The predicted octanol–water partition coefficient (Wildman–Crippen LogP) is 5.67. The van der Waals surface area contributed by atoms with Crippen LogP contribution in [0.1, 0.15) is 18.1 Å². The highest BCUT2D eigenvalue weighted by atomic mass is 127. The number of nitro benzene ring substituents is 2. The van der Waals surface area contributed by atoms with Gasteiger partial charge >= 0.3 is 5.69 Å². The van der Waals surface area contributed by atoms with E-state index in [0.29, 0.717) is 23.7 Å². The Morgan fingerprint density at radius 2 is 1.79 bits per heavy atom. The van der Waals surface area contributed by atoms with Crippen LogP contribution in [-0.4, -0.2) is 22.7 Å². The van der Waals surface area contributed by atoms with Gasteiger partial charge in [0.1, 0.15) is 18.1 Å². The van der Waals surface area contributed by atoms with Gasteiger partial charge < -0.3 is 9.47 Å². The molecule has 0 fully saturated rings. The number of hydrazone groups is 1. The summed E-state index contributed by atoms with van der Waals surface area (Å²) in [5, 5.41) is 26.1. The standard InChI is InChI=1S/C22H18FIN4O6/c1-2-33-21-10-15(9-18(24)22(21)34-13-14-3-5-16(23)6-4-14)12-25-26-19-8-7-17(27(29)30)11-20(19)28(31)32/h3-12,26H,2,13H2,1H3/b25-12+. The Labute approximate surface area is 206 Å². The monoisotopic (exact) mass is 580 g/mol. The summed E-state index contributed by atoms with van der Waals surface area (Å²) in [5.41, 5.74) is 3.10. The molecule has 0 spiro atoms. The second-order valence-electron chi connectivity index (χ2n) is 6.76. The van der Waals surface area contributed by atoms with E-state index in [0.717, 1.165) is 21.3 Å². The molecule has 0 aliphatic carbocycles. The van der Waals surface area contributed by atoms with E-state index in [2.05, 4.69) is 33.1 Å². The second kappa shape index (κ2) is 11.4. The molecule has 3 rings (SSSR count). The lowest BCUT2D eigenvalue weighted by molar-refractivity contribution is -0.393. The molecule has 0 aliphatic heterocycles. The highest BCUT2D eigenvalue weighted by Gasteiger charge is 2.19. The van der Waals surface area contributed by atoms with Crippen LogP contribution in [0.15, 0.2) is 59.7 Å². The van der Waals surface area contributed by atoms with Crippen LogP contribution >= 0.6 is 22.6 Å². The van der Waals surface area contributed by atoms with Crippen LogP contribution in [0.3, 0.4) is 0 Å². The van der Waals surface area contributed by atoms with Crippen molar-refractivity contribution in [1.82, 2.24) is 0 Å². The second-order valence-corrected chi connectivity index (χ2v) is 7.93. The van der Waals surface area contributed by atoms with Crippen molar-refractivity contribution in [2.75, 3.05) is 12.0 Å². The maximum absolute atomic E-state index is 13.1. The quantitative estimate of drug-likeness (QED) is 0.142. The lowest BCUT2D eigenvalue weighted by Crippen LogP contribution is -2.03. The summed E-state index contributed by atoms with van der Waals surface area (Å²) in [4.78, 5) is 20.7. The Balaban J connectivity index is 1.79. The number of benzene rings is 3. The van der Waals surface area contributed by atoms with Gasteiger partial charge in [-0.25, -0.2) is 4.39 Å². The highest BCUT2D eigenvalue weighted by Crippen LogP contribution is 2.35. The van der Waals surface area contributed by atoms with Crippen molar-refractivity contribution in [3.8, 4) is 11.5 Å². The number of hydrogen-bond donors (Lipinski definition) is 1. The van der Waals surface area contributed by atoms with Crippen molar-refractivity contribution >= 4 is 45.9 Å². The highest BCUT2D eigenvalue weighted by molar-refractivity contribution is 14.1. The van der Waals surface area contributed by atoms with E-state index in [1.165, 1.54) is 24.4 Å². The van der Waals surface area contributed by atoms with Crippen molar-refractivity contribution in [2.24, 2.45) is 5.10 Å². The summed E-state index contributed by atoms with van der Waals surface area (Å²) in [5.74, 6) is 0.659. The van der Waals surface area contributed by atoms with Gasteiger partial charge in [0.2, 0.25) is 0 Å². The van der Waals surface area contributed by atoms with Crippen LogP contribution in [0.5, 0.6) is 11.5 Å². The molecule has 10 nitrogen and oxygen atoms in total. The van der Waals surface area contributed by atoms with Crippen molar-refractivity contribution in [3.05, 3.63) is 95.3 Å². The third-order valence-electron chi connectivity index (χ3n) is 4.42. The van der Waals surface area contributed by atoms with Crippen molar-refractivity contribution in [3.63, 3.8) is 0 Å². The number of hydrogen-bond acceptors (Lipinski definition) is 8. The zero-order valence-corrected chi connectivity index (χ0v) is 19.9. The number of ether oxygens (including phenoxy) is 2. The molecule has 12 heteroatoms. The summed E-state index contributed by atoms with van der Waals surface area (Å²) in [6.45, 7) is 2.43. The Morgan fingerprint density at radius 3 is 2.44 bits per heavy atom. The molecule has 0 bridgehead atoms. The van der Waals surface area contributed by atoms with Gasteiger partial charge in [0.25, 0.3) is 5.69 Å². The van der Waals surface area contributed by atoms with Gasteiger partial charge in [-0.3, -0.25) is 25.7 Å². The fourth-order valence-electron chi connectivity index (χ4n) is 2.86. The molecule has 34 heavy (non-hydrogen) atoms. The van der Waals surface area contributed by atoms with Gasteiger partial charge in [-0.05, 0) is 71.0 Å². The molecule has 0 atom stereocenters. The van der Waals surface area contributed by atoms with Gasteiger partial charge in [-0.2, -0.15) is 5.10 Å². The Hall–Kier alpha value is -3.81. The van der Waals surface area contributed by atoms with Crippen LogP contribution in [0.2, 0.25) is 0 Å². The molecule has 0 saturated heterocycles. The summed E-state index contributed by atoms with van der Waals surface area (Å²) >= 11 is 2.09. The average Bonchev–Trinajstić information content (AvgIpc) is 2.80. The molecule has 0 unspecified atom stereocenters.